The number of likely N-dealkylation sites (tertiary alicyclic amines) is 1. The number of halogens is 2. The summed E-state index contributed by atoms with van der Waals surface area (Å²) in [7, 11) is 1.49. The fraction of sp³-hybridized carbons (Fsp3) is 0.487. The van der Waals surface area contributed by atoms with E-state index in [2.05, 4.69) is 34.4 Å². The average Bonchev–Trinajstić information content (AvgIpc) is 3.72. The highest BCUT2D eigenvalue weighted by atomic mass is 79.9. The standard InChI is InChI=1S/C39H47BrClN3O8/c1-6-8-18-30(46)42-27(22-50-5)33(24-14-10-9-11-15-24)51-38(49)31-32-36(47)44(29(21-45)23(3)4)35(39(32)20-25(40)34(31)52-39)37(48)43(19-7-2)28-17-13-12-16-26(28)41/h6-7,9-17,23,25,27,29,31-35,45H,1-2,8,18-22H2,3-5H3,(H,42,46)/t25?,27-,29-,31+,32-,33-,34+,35+,39-/m0/s1. The Morgan fingerprint density at radius 1 is 1.15 bits per heavy atom. The average molecular weight is 801 g/mol. The number of esters is 1. The van der Waals surface area contributed by atoms with Crippen LogP contribution in [0.25, 0.3) is 0 Å². The third-order valence-electron chi connectivity index (χ3n) is 10.3. The maximum absolute atomic E-state index is 15.0. The van der Waals surface area contributed by atoms with E-state index in [0.717, 1.165) is 0 Å². The molecular formula is C39H47BrClN3O8. The number of ether oxygens (including phenoxy) is 3. The smallest absolute Gasteiger partial charge is 0.313 e. The molecule has 3 heterocycles. The second-order valence-electron chi connectivity index (χ2n) is 13.8. The summed E-state index contributed by atoms with van der Waals surface area (Å²) in [6, 6.07) is 13.2. The van der Waals surface area contributed by atoms with Crippen molar-refractivity contribution in [3.05, 3.63) is 90.5 Å². The van der Waals surface area contributed by atoms with Crippen LogP contribution in [0.15, 0.2) is 79.9 Å². The van der Waals surface area contributed by atoms with Gasteiger partial charge in [-0.3, -0.25) is 19.2 Å². The maximum atomic E-state index is 15.0. The van der Waals surface area contributed by atoms with Crippen LogP contribution in [0.5, 0.6) is 0 Å². The predicted molar refractivity (Wildman–Crippen MR) is 201 cm³/mol. The second-order valence-corrected chi connectivity index (χ2v) is 15.4. The minimum Gasteiger partial charge on any atom is -0.455 e. The number of benzene rings is 2. The van der Waals surface area contributed by atoms with Gasteiger partial charge in [0.25, 0.3) is 5.91 Å². The molecule has 1 spiro atoms. The fourth-order valence-corrected chi connectivity index (χ4v) is 9.15. The van der Waals surface area contributed by atoms with E-state index in [1.54, 1.807) is 60.7 Å². The van der Waals surface area contributed by atoms with E-state index in [-0.39, 0.29) is 37.8 Å². The monoisotopic (exact) mass is 799 g/mol. The number of para-hydroxylation sites is 1. The molecule has 2 aromatic carbocycles. The molecule has 3 amide bonds. The van der Waals surface area contributed by atoms with Crippen molar-refractivity contribution in [2.24, 2.45) is 17.8 Å². The number of nitrogens with one attached hydrogen (secondary N) is 1. The van der Waals surface area contributed by atoms with Crippen molar-refractivity contribution < 1.29 is 38.5 Å². The van der Waals surface area contributed by atoms with E-state index >= 15 is 0 Å². The van der Waals surface area contributed by atoms with Crippen LogP contribution in [0.4, 0.5) is 5.69 Å². The van der Waals surface area contributed by atoms with Crippen molar-refractivity contribution in [1.82, 2.24) is 10.2 Å². The lowest BCUT2D eigenvalue weighted by molar-refractivity contribution is -0.163. The molecule has 0 aromatic heterocycles. The summed E-state index contributed by atoms with van der Waals surface area (Å²) in [5.74, 6) is -4.39. The first kappa shape index (κ1) is 39.7. The predicted octanol–water partition coefficient (Wildman–Crippen LogP) is 5.01. The molecule has 1 unspecified atom stereocenters. The second kappa shape index (κ2) is 17.1. The van der Waals surface area contributed by atoms with Crippen LogP contribution in [0.1, 0.15) is 44.8 Å². The van der Waals surface area contributed by atoms with Crippen LogP contribution in [-0.4, -0.2) is 95.2 Å². The van der Waals surface area contributed by atoms with Gasteiger partial charge in [-0.25, -0.2) is 0 Å². The summed E-state index contributed by atoms with van der Waals surface area (Å²) < 4.78 is 18.5. The van der Waals surface area contributed by atoms with Gasteiger partial charge in [-0.1, -0.05) is 96.0 Å². The van der Waals surface area contributed by atoms with Gasteiger partial charge in [-0.2, -0.15) is 0 Å². The number of hydrogen-bond donors (Lipinski definition) is 2. The van der Waals surface area contributed by atoms with E-state index in [9.17, 15) is 24.3 Å². The third-order valence-corrected chi connectivity index (χ3v) is 11.4. The number of aliphatic hydroxyl groups excluding tert-OH is 1. The molecule has 11 nitrogen and oxygen atoms in total. The van der Waals surface area contributed by atoms with Crippen molar-refractivity contribution in [2.75, 3.05) is 31.8 Å². The number of nitrogens with zero attached hydrogens (tertiary/aromatic N) is 2. The lowest BCUT2D eigenvalue weighted by atomic mass is 9.70. The number of fused-ring (bicyclic) bond motifs is 1. The number of aliphatic hydroxyl groups is 1. The zero-order valence-electron chi connectivity index (χ0n) is 29.7. The Morgan fingerprint density at radius 2 is 1.85 bits per heavy atom. The van der Waals surface area contributed by atoms with Gasteiger partial charge in [-0.05, 0) is 36.5 Å². The normalized spacial score (nSPS) is 26.4. The van der Waals surface area contributed by atoms with Crippen LogP contribution in [-0.2, 0) is 33.4 Å². The van der Waals surface area contributed by atoms with Crippen LogP contribution in [0.2, 0.25) is 5.02 Å². The topological polar surface area (TPSA) is 135 Å². The van der Waals surface area contributed by atoms with Crippen LogP contribution < -0.4 is 10.2 Å². The highest BCUT2D eigenvalue weighted by molar-refractivity contribution is 9.09. The zero-order valence-corrected chi connectivity index (χ0v) is 32.0. The summed E-state index contributed by atoms with van der Waals surface area (Å²) in [6.07, 6.45) is 2.32. The SMILES string of the molecule is C=CCCC(=O)N[C@@H](COC)[C@@H](OC(=O)[C@H]1[C@@H]2O[C@@]3(CC2Br)[C@@H]1C(=O)N([C@@H](CO)C(C)C)[C@@H]3C(=O)N(CC=C)c1ccccc1Cl)c1ccccc1. The lowest BCUT2D eigenvalue weighted by Crippen LogP contribution is -2.60. The van der Waals surface area contributed by atoms with Crippen molar-refractivity contribution in [1.29, 1.82) is 0 Å². The summed E-state index contributed by atoms with van der Waals surface area (Å²) in [5.41, 5.74) is -0.397. The van der Waals surface area contributed by atoms with Crippen molar-refractivity contribution in [3.63, 3.8) is 0 Å². The Labute approximate surface area is 318 Å². The number of allylic oxidation sites excluding steroid dienone is 1. The Morgan fingerprint density at radius 3 is 2.46 bits per heavy atom. The minimum atomic E-state index is -1.44. The number of carbonyl (C=O) groups excluding carboxylic acids is 4. The molecule has 0 aliphatic carbocycles. The number of amides is 3. The molecule has 5 rings (SSSR count). The molecule has 3 aliphatic heterocycles. The van der Waals surface area contributed by atoms with Crippen LogP contribution in [0.3, 0.4) is 0 Å². The Balaban J connectivity index is 1.57. The number of anilines is 1. The highest BCUT2D eigenvalue weighted by Gasteiger charge is 2.78. The largest absolute Gasteiger partial charge is 0.455 e. The number of hydrogen-bond acceptors (Lipinski definition) is 8. The highest BCUT2D eigenvalue weighted by Crippen LogP contribution is 2.61. The maximum Gasteiger partial charge on any atom is 0.313 e. The number of rotatable bonds is 17. The first-order chi connectivity index (χ1) is 24.9. The van der Waals surface area contributed by atoms with E-state index in [4.69, 9.17) is 25.8 Å². The molecule has 2 N–H and O–H groups in total. The van der Waals surface area contributed by atoms with E-state index in [1.165, 1.54) is 16.9 Å². The first-order valence-corrected chi connectivity index (χ1v) is 18.8. The van der Waals surface area contributed by atoms with Gasteiger partial charge in [0, 0.05) is 24.9 Å². The van der Waals surface area contributed by atoms with E-state index in [0.29, 0.717) is 22.7 Å². The first-order valence-electron chi connectivity index (χ1n) is 17.5. The summed E-state index contributed by atoms with van der Waals surface area (Å²) >= 11 is 10.3. The number of carbonyl (C=O) groups is 4. The molecule has 52 heavy (non-hydrogen) atoms. The Bertz CT molecular complexity index is 1640. The number of alkyl halides is 1. The Hall–Kier alpha value is -3.55. The number of methoxy groups -OCH3 is 1. The molecule has 0 radical (unpaired) electrons. The van der Waals surface area contributed by atoms with Crippen LogP contribution in [0, 0.1) is 17.8 Å². The quantitative estimate of drug-likeness (QED) is 0.130. The van der Waals surface area contributed by atoms with Gasteiger partial charge in [-0.15, -0.1) is 13.2 Å². The Kier molecular flexibility index (Phi) is 13.0. The fourth-order valence-electron chi connectivity index (χ4n) is 7.97. The molecule has 3 saturated heterocycles. The molecule has 0 saturated carbocycles. The van der Waals surface area contributed by atoms with E-state index < -0.39 is 77.0 Å². The molecular weight excluding hydrogens is 754 g/mol. The summed E-state index contributed by atoms with van der Waals surface area (Å²) in [5, 5.41) is 13.9. The van der Waals surface area contributed by atoms with Crippen molar-refractivity contribution in [2.45, 2.75) is 73.9 Å². The molecule has 2 bridgehead atoms. The van der Waals surface area contributed by atoms with Gasteiger partial charge in [0.15, 0.2) is 0 Å². The molecule has 3 aliphatic rings. The van der Waals surface area contributed by atoms with Gasteiger partial charge in [0.1, 0.15) is 17.7 Å². The summed E-state index contributed by atoms with van der Waals surface area (Å²) in [4.78, 5) is 59.8. The molecule has 3 fully saturated rings. The van der Waals surface area contributed by atoms with Crippen LogP contribution >= 0.6 is 27.5 Å². The van der Waals surface area contributed by atoms with Gasteiger partial charge >= 0.3 is 5.97 Å². The third kappa shape index (κ3) is 7.45. The molecule has 13 heteroatoms. The molecule has 2 aromatic rings. The van der Waals surface area contributed by atoms with E-state index in [1.807, 2.05) is 19.9 Å². The molecule has 280 valence electrons. The van der Waals surface area contributed by atoms with Gasteiger partial charge in [0.2, 0.25) is 11.8 Å². The zero-order chi connectivity index (χ0) is 37.7. The lowest BCUT2D eigenvalue weighted by Gasteiger charge is -2.40. The summed E-state index contributed by atoms with van der Waals surface area (Å²) in [6.45, 7) is 11.0. The van der Waals surface area contributed by atoms with Gasteiger partial charge < -0.3 is 34.4 Å². The van der Waals surface area contributed by atoms with Crippen molar-refractivity contribution in [3.8, 4) is 0 Å². The van der Waals surface area contributed by atoms with Crippen molar-refractivity contribution >= 4 is 56.9 Å². The minimum absolute atomic E-state index is 0.0305. The molecule has 9 atom stereocenters. The van der Waals surface area contributed by atoms with Gasteiger partial charge in [0.05, 0.1) is 53.9 Å².